The molecule has 22 heavy (non-hydrogen) atoms. The van der Waals surface area contributed by atoms with Crippen LogP contribution in [0.3, 0.4) is 0 Å². The highest BCUT2D eigenvalue weighted by molar-refractivity contribution is 5.27. The summed E-state index contributed by atoms with van der Waals surface area (Å²) in [5, 5.41) is 0. The second-order valence-corrected chi connectivity index (χ2v) is 10.0. The molecule has 0 aromatic carbocycles. The van der Waals surface area contributed by atoms with E-state index < -0.39 is 0 Å². The van der Waals surface area contributed by atoms with E-state index in [1.807, 2.05) is 0 Å². The molecule has 5 fully saturated rings. The lowest BCUT2D eigenvalue weighted by Gasteiger charge is -2.58. The number of fused-ring (bicyclic) bond motifs is 4. The Balaban J connectivity index is 1.46. The Morgan fingerprint density at radius 3 is 2.45 bits per heavy atom. The fraction of sp³-hybridized carbons (Fsp3) is 1.00. The van der Waals surface area contributed by atoms with Gasteiger partial charge in [-0.1, -0.05) is 33.6 Å². The van der Waals surface area contributed by atoms with Crippen LogP contribution in [0, 0.1) is 35.0 Å². The summed E-state index contributed by atoms with van der Waals surface area (Å²) in [6.45, 7) is 7.50. The maximum absolute atomic E-state index is 6.61. The zero-order valence-corrected chi connectivity index (χ0v) is 14.9. The Labute approximate surface area is 136 Å². The van der Waals surface area contributed by atoms with Gasteiger partial charge in [0.2, 0.25) is 0 Å². The Bertz CT molecular complexity index is 484. The SMILES string of the molecule is CC(C)[C@]12CC[C@H]3[C@@H]4CC[C@H]5CCCC[C@]5(C)[C@H]4CC[C@@]31O2. The minimum Gasteiger partial charge on any atom is -0.362 e. The van der Waals surface area contributed by atoms with Crippen LogP contribution in [0.5, 0.6) is 0 Å². The van der Waals surface area contributed by atoms with Crippen LogP contribution in [0.2, 0.25) is 0 Å². The number of rotatable bonds is 1. The van der Waals surface area contributed by atoms with E-state index in [2.05, 4.69) is 20.8 Å². The molecule has 0 aromatic heterocycles. The maximum Gasteiger partial charge on any atom is 0.101 e. The second kappa shape index (κ2) is 4.32. The summed E-state index contributed by atoms with van der Waals surface area (Å²) in [5.74, 6) is 4.70. The minimum absolute atomic E-state index is 0.299. The molecule has 5 rings (SSSR count). The summed E-state index contributed by atoms with van der Waals surface area (Å²) in [4.78, 5) is 0. The molecule has 0 bridgehead atoms. The van der Waals surface area contributed by atoms with Gasteiger partial charge in [-0.05, 0) is 86.4 Å². The molecule has 1 heterocycles. The van der Waals surface area contributed by atoms with Crippen molar-refractivity contribution < 1.29 is 4.74 Å². The van der Waals surface area contributed by atoms with E-state index in [1.54, 1.807) is 0 Å². The van der Waals surface area contributed by atoms with Crippen LogP contribution in [-0.2, 0) is 4.74 Å². The zero-order valence-electron chi connectivity index (χ0n) is 14.9. The van der Waals surface area contributed by atoms with Gasteiger partial charge >= 0.3 is 0 Å². The van der Waals surface area contributed by atoms with Crippen molar-refractivity contribution >= 4 is 0 Å². The lowest BCUT2D eigenvalue weighted by atomic mass is 9.47. The third kappa shape index (κ3) is 1.47. The predicted octanol–water partition coefficient (Wildman–Crippen LogP) is 5.58. The van der Waals surface area contributed by atoms with Crippen molar-refractivity contribution in [1.82, 2.24) is 0 Å². The first kappa shape index (κ1) is 14.3. The first-order chi connectivity index (χ1) is 10.5. The van der Waals surface area contributed by atoms with E-state index >= 15 is 0 Å². The molecule has 1 heteroatoms. The molecule has 4 aliphatic carbocycles. The molecule has 5 aliphatic rings. The third-order valence-corrected chi connectivity index (χ3v) is 9.40. The van der Waals surface area contributed by atoms with Crippen LogP contribution in [0.1, 0.15) is 85.0 Å². The van der Waals surface area contributed by atoms with Crippen molar-refractivity contribution in [2.24, 2.45) is 35.0 Å². The third-order valence-electron chi connectivity index (χ3n) is 9.40. The summed E-state index contributed by atoms with van der Waals surface area (Å²) in [6.07, 6.45) is 14.8. The van der Waals surface area contributed by atoms with E-state index in [0.29, 0.717) is 16.6 Å². The molecule has 124 valence electrons. The van der Waals surface area contributed by atoms with Gasteiger partial charge in [-0.25, -0.2) is 0 Å². The van der Waals surface area contributed by atoms with Crippen LogP contribution in [0.25, 0.3) is 0 Å². The second-order valence-electron chi connectivity index (χ2n) is 10.0. The Hall–Kier alpha value is -0.0400. The van der Waals surface area contributed by atoms with E-state index in [0.717, 1.165) is 29.6 Å². The molecule has 1 aliphatic heterocycles. The number of epoxide rings is 1. The predicted molar refractivity (Wildman–Crippen MR) is 89.6 cm³/mol. The van der Waals surface area contributed by atoms with Gasteiger partial charge in [-0.15, -0.1) is 0 Å². The Kier molecular flexibility index (Phi) is 2.81. The molecule has 7 atom stereocenters. The van der Waals surface area contributed by atoms with Gasteiger partial charge < -0.3 is 4.74 Å². The van der Waals surface area contributed by atoms with Gasteiger partial charge in [0.05, 0.1) is 0 Å². The van der Waals surface area contributed by atoms with Gasteiger partial charge in [-0.2, -0.15) is 0 Å². The quantitative estimate of drug-likeness (QED) is 0.576. The monoisotopic (exact) mass is 302 g/mol. The van der Waals surface area contributed by atoms with Crippen molar-refractivity contribution in [3.8, 4) is 0 Å². The molecule has 0 aromatic rings. The number of hydrogen-bond acceptors (Lipinski definition) is 1. The first-order valence-electron chi connectivity index (χ1n) is 10.2. The van der Waals surface area contributed by atoms with Gasteiger partial charge in [0.15, 0.2) is 0 Å². The smallest absolute Gasteiger partial charge is 0.101 e. The molecule has 1 nitrogen and oxygen atoms in total. The zero-order chi connectivity index (χ0) is 15.2. The first-order valence-corrected chi connectivity index (χ1v) is 10.2. The number of hydrogen-bond donors (Lipinski definition) is 0. The van der Waals surface area contributed by atoms with Gasteiger partial charge in [0, 0.05) is 0 Å². The van der Waals surface area contributed by atoms with E-state index in [4.69, 9.17) is 4.74 Å². The lowest BCUT2D eigenvalue weighted by molar-refractivity contribution is -0.0949. The number of ether oxygens (including phenoxy) is 1. The molecule has 0 N–H and O–H groups in total. The van der Waals surface area contributed by atoms with Crippen molar-refractivity contribution in [2.45, 2.75) is 96.2 Å². The standard InChI is InChI=1S/C21H34O/c1-14(2)20-12-10-18-16-8-7-15-6-4-5-11-19(15,3)17(16)9-13-21(18,20)22-20/h14-18H,4-13H2,1-3H3/t15-,16-,17+,18+,19+,20-,21-/m1/s1. The fourth-order valence-corrected chi connectivity index (χ4v) is 8.33. The average molecular weight is 303 g/mol. The van der Waals surface area contributed by atoms with E-state index in [1.165, 1.54) is 64.2 Å². The van der Waals surface area contributed by atoms with Crippen LogP contribution in [0.4, 0.5) is 0 Å². The van der Waals surface area contributed by atoms with Crippen LogP contribution in [0.15, 0.2) is 0 Å². The molecular weight excluding hydrogens is 268 g/mol. The Morgan fingerprint density at radius 2 is 1.68 bits per heavy atom. The van der Waals surface area contributed by atoms with Crippen molar-refractivity contribution in [1.29, 1.82) is 0 Å². The molecular formula is C21H34O. The summed E-state index contributed by atoms with van der Waals surface area (Å²) in [5.41, 5.74) is 1.31. The summed E-state index contributed by atoms with van der Waals surface area (Å²) >= 11 is 0. The minimum atomic E-state index is 0.299. The topological polar surface area (TPSA) is 12.5 Å². The lowest BCUT2D eigenvalue weighted by Crippen LogP contribution is -2.52. The molecule has 1 saturated heterocycles. The highest BCUT2D eigenvalue weighted by Gasteiger charge is 2.79. The van der Waals surface area contributed by atoms with Crippen molar-refractivity contribution in [3.63, 3.8) is 0 Å². The van der Waals surface area contributed by atoms with Crippen LogP contribution < -0.4 is 0 Å². The van der Waals surface area contributed by atoms with E-state index in [9.17, 15) is 0 Å². The normalized spacial score (nSPS) is 59.5. The molecule has 1 spiro atoms. The molecule has 4 saturated carbocycles. The molecule has 0 unspecified atom stereocenters. The van der Waals surface area contributed by atoms with Gasteiger partial charge in [0.1, 0.15) is 11.2 Å². The maximum atomic E-state index is 6.61. The Morgan fingerprint density at radius 1 is 0.864 bits per heavy atom. The van der Waals surface area contributed by atoms with Crippen molar-refractivity contribution in [3.05, 3.63) is 0 Å². The largest absolute Gasteiger partial charge is 0.362 e. The van der Waals surface area contributed by atoms with E-state index in [-0.39, 0.29) is 0 Å². The van der Waals surface area contributed by atoms with Crippen molar-refractivity contribution in [2.75, 3.05) is 0 Å². The highest BCUT2D eigenvalue weighted by Crippen LogP contribution is 2.75. The van der Waals surface area contributed by atoms with Crippen LogP contribution >= 0.6 is 0 Å². The molecule has 0 amide bonds. The fourth-order valence-electron chi connectivity index (χ4n) is 8.33. The summed E-state index contributed by atoms with van der Waals surface area (Å²) in [6, 6.07) is 0. The average Bonchev–Trinajstić information content (AvgIpc) is 3.04. The highest BCUT2D eigenvalue weighted by atomic mass is 16.6. The summed E-state index contributed by atoms with van der Waals surface area (Å²) in [7, 11) is 0. The summed E-state index contributed by atoms with van der Waals surface area (Å²) < 4.78 is 6.61. The van der Waals surface area contributed by atoms with Crippen LogP contribution in [-0.4, -0.2) is 11.2 Å². The molecule has 0 radical (unpaired) electrons. The van der Waals surface area contributed by atoms with Gasteiger partial charge in [0.25, 0.3) is 0 Å². The van der Waals surface area contributed by atoms with Gasteiger partial charge in [-0.3, -0.25) is 0 Å².